The molecule has 2 unspecified atom stereocenters. The van der Waals surface area contributed by atoms with E-state index in [9.17, 15) is 9.70 Å². The SMILES string of the molecule is CC(Cl)NC(=O)N(N=O)C(C)Cl. The fourth-order valence-corrected chi connectivity index (χ4v) is 0.717. The third-order valence-corrected chi connectivity index (χ3v) is 1.25. The lowest BCUT2D eigenvalue weighted by molar-refractivity contribution is 0.195. The number of amides is 2. The number of halogens is 2. The third kappa shape index (κ3) is 3.73. The van der Waals surface area contributed by atoms with Gasteiger partial charge in [0.05, 0.1) is 5.29 Å². The molecule has 2 atom stereocenters. The average molecular weight is 214 g/mol. The number of urea groups is 1. The van der Waals surface area contributed by atoms with Crippen LogP contribution in [0, 0.1) is 4.91 Å². The van der Waals surface area contributed by atoms with Crippen LogP contribution in [0.5, 0.6) is 0 Å². The zero-order valence-electron chi connectivity index (χ0n) is 6.62. The highest BCUT2D eigenvalue weighted by Crippen LogP contribution is 2.04. The molecule has 0 heterocycles. The minimum atomic E-state index is -0.794. The van der Waals surface area contributed by atoms with E-state index in [-0.39, 0.29) is 0 Å². The first-order valence-electron chi connectivity index (χ1n) is 3.20. The molecule has 0 rings (SSSR count). The number of hydrogen-bond donors (Lipinski definition) is 1. The van der Waals surface area contributed by atoms with Gasteiger partial charge in [-0.15, -0.1) is 4.91 Å². The summed E-state index contributed by atoms with van der Waals surface area (Å²) in [5.74, 6) is 0. The molecule has 0 aromatic rings. The summed E-state index contributed by atoms with van der Waals surface area (Å²) >= 11 is 10.9. The second-order valence-corrected chi connectivity index (χ2v) is 3.35. The Hall–Kier alpha value is -0.550. The standard InChI is InChI=1S/C5H9Cl2N3O2/c1-3(6)8-5(11)10(9-12)4(2)7/h3-4H,1-2H3,(H,8,11). The Morgan fingerprint density at radius 1 is 1.50 bits per heavy atom. The van der Waals surface area contributed by atoms with Crippen LogP contribution in [-0.2, 0) is 0 Å². The van der Waals surface area contributed by atoms with Gasteiger partial charge >= 0.3 is 6.03 Å². The van der Waals surface area contributed by atoms with Crippen LogP contribution in [-0.4, -0.2) is 22.0 Å². The van der Waals surface area contributed by atoms with Crippen molar-refractivity contribution in [2.75, 3.05) is 0 Å². The van der Waals surface area contributed by atoms with E-state index in [0.717, 1.165) is 0 Å². The van der Waals surface area contributed by atoms with Crippen LogP contribution in [0.2, 0.25) is 0 Å². The van der Waals surface area contributed by atoms with Gasteiger partial charge in [-0.2, -0.15) is 5.01 Å². The van der Waals surface area contributed by atoms with Crippen LogP contribution < -0.4 is 5.32 Å². The summed E-state index contributed by atoms with van der Waals surface area (Å²) in [5, 5.41) is 5.23. The number of carbonyl (C=O) groups is 1. The van der Waals surface area contributed by atoms with Gasteiger partial charge < -0.3 is 5.32 Å². The molecule has 12 heavy (non-hydrogen) atoms. The van der Waals surface area contributed by atoms with Crippen molar-refractivity contribution in [1.82, 2.24) is 10.3 Å². The van der Waals surface area contributed by atoms with Crippen LogP contribution in [0.4, 0.5) is 4.79 Å². The molecule has 1 N–H and O–H groups in total. The van der Waals surface area contributed by atoms with E-state index in [2.05, 4.69) is 10.6 Å². The van der Waals surface area contributed by atoms with E-state index in [1.807, 2.05) is 0 Å². The minimum Gasteiger partial charge on any atom is -0.320 e. The van der Waals surface area contributed by atoms with Crippen molar-refractivity contribution < 1.29 is 4.79 Å². The average Bonchev–Trinajstić information content (AvgIpc) is 1.85. The van der Waals surface area contributed by atoms with Crippen LogP contribution in [0.25, 0.3) is 0 Å². The second kappa shape index (κ2) is 5.16. The molecule has 7 heteroatoms. The lowest BCUT2D eigenvalue weighted by Gasteiger charge is -2.16. The summed E-state index contributed by atoms with van der Waals surface area (Å²) in [6.45, 7) is 2.99. The predicted molar refractivity (Wildman–Crippen MR) is 46.8 cm³/mol. The first kappa shape index (κ1) is 11.4. The van der Waals surface area contributed by atoms with Crippen LogP contribution >= 0.6 is 23.2 Å². The van der Waals surface area contributed by atoms with Gasteiger partial charge in [-0.05, 0) is 13.8 Å². The lowest BCUT2D eigenvalue weighted by Crippen LogP contribution is -2.41. The zero-order valence-corrected chi connectivity index (χ0v) is 8.13. The zero-order chi connectivity index (χ0) is 9.72. The molecule has 0 saturated heterocycles. The molecule has 0 radical (unpaired) electrons. The molecule has 0 spiro atoms. The Morgan fingerprint density at radius 2 is 2.00 bits per heavy atom. The smallest absolute Gasteiger partial charge is 0.320 e. The van der Waals surface area contributed by atoms with Gasteiger partial charge in [0, 0.05) is 0 Å². The molecule has 0 saturated carbocycles. The highest BCUT2D eigenvalue weighted by Gasteiger charge is 2.19. The maximum atomic E-state index is 11.0. The van der Waals surface area contributed by atoms with Crippen molar-refractivity contribution in [2.24, 2.45) is 5.29 Å². The number of carbonyl (C=O) groups excluding carboxylic acids is 1. The summed E-state index contributed by atoms with van der Waals surface area (Å²) in [5.41, 5.74) is -1.37. The Bertz CT molecular complexity index is 174. The fourth-order valence-electron chi connectivity index (χ4n) is 0.500. The van der Waals surface area contributed by atoms with Crippen LogP contribution in [0.3, 0.4) is 0 Å². The number of nitrogens with one attached hydrogen (secondary N) is 1. The fraction of sp³-hybridized carbons (Fsp3) is 0.800. The molecule has 0 aromatic carbocycles. The molecule has 2 amide bonds. The summed E-state index contributed by atoms with van der Waals surface area (Å²) in [4.78, 5) is 21.0. The second-order valence-electron chi connectivity index (χ2n) is 2.07. The summed E-state index contributed by atoms with van der Waals surface area (Å²) in [6, 6.07) is -0.713. The number of nitrogens with zero attached hydrogens (tertiary/aromatic N) is 2. The molecule has 0 fully saturated rings. The van der Waals surface area contributed by atoms with Crippen molar-refractivity contribution in [3.63, 3.8) is 0 Å². The lowest BCUT2D eigenvalue weighted by atomic mass is 10.6. The predicted octanol–water partition coefficient (Wildman–Crippen LogP) is 1.85. The van der Waals surface area contributed by atoms with Gasteiger partial charge in [0.25, 0.3) is 0 Å². The molecule has 0 bridgehead atoms. The van der Waals surface area contributed by atoms with E-state index in [4.69, 9.17) is 23.2 Å². The molecule has 0 aliphatic heterocycles. The first-order chi connectivity index (χ1) is 5.49. The highest BCUT2D eigenvalue weighted by molar-refractivity contribution is 6.22. The van der Waals surface area contributed by atoms with Crippen molar-refractivity contribution in [3.8, 4) is 0 Å². The van der Waals surface area contributed by atoms with Crippen molar-refractivity contribution in [2.45, 2.75) is 24.8 Å². The Labute approximate surface area is 79.9 Å². The summed E-state index contributed by atoms with van der Waals surface area (Å²) < 4.78 is 0. The molecule has 5 nitrogen and oxygen atoms in total. The quantitative estimate of drug-likeness (QED) is 0.337. The van der Waals surface area contributed by atoms with E-state index in [0.29, 0.717) is 5.01 Å². The van der Waals surface area contributed by atoms with Crippen LogP contribution in [0.15, 0.2) is 5.29 Å². The Morgan fingerprint density at radius 3 is 2.25 bits per heavy atom. The molecule has 0 aromatic heterocycles. The number of alkyl halides is 2. The maximum Gasteiger partial charge on any atom is 0.342 e. The van der Waals surface area contributed by atoms with Gasteiger partial charge in [0.15, 0.2) is 0 Å². The van der Waals surface area contributed by atoms with E-state index < -0.39 is 17.0 Å². The molecular weight excluding hydrogens is 205 g/mol. The van der Waals surface area contributed by atoms with E-state index in [1.54, 1.807) is 6.92 Å². The minimum absolute atomic E-state index is 0.556. The third-order valence-electron chi connectivity index (χ3n) is 0.955. The monoisotopic (exact) mass is 213 g/mol. The van der Waals surface area contributed by atoms with Gasteiger partial charge in [-0.1, -0.05) is 23.2 Å². The Balaban J connectivity index is 4.13. The summed E-state index contributed by atoms with van der Waals surface area (Å²) in [6.07, 6.45) is 0. The van der Waals surface area contributed by atoms with Crippen molar-refractivity contribution in [1.29, 1.82) is 0 Å². The van der Waals surface area contributed by atoms with Gasteiger partial charge in [0.2, 0.25) is 0 Å². The van der Waals surface area contributed by atoms with Gasteiger partial charge in [-0.25, -0.2) is 4.79 Å². The van der Waals surface area contributed by atoms with Crippen molar-refractivity contribution >= 4 is 29.2 Å². The number of nitroso groups, excluding NO2 is 1. The maximum absolute atomic E-state index is 11.0. The molecule has 0 aliphatic carbocycles. The highest BCUT2D eigenvalue weighted by atomic mass is 35.5. The normalized spacial score (nSPS) is 14.7. The largest absolute Gasteiger partial charge is 0.342 e. The molecular formula is C5H9Cl2N3O2. The van der Waals surface area contributed by atoms with E-state index in [1.165, 1.54) is 6.92 Å². The first-order valence-corrected chi connectivity index (χ1v) is 4.07. The van der Waals surface area contributed by atoms with Gasteiger partial charge in [-0.3, -0.25) is 0 Å². The topological polar surface area (TPSA) is 61.8 Å². The van der Waals surface area contributed by atoms with Crippen LogP contribution in [0.1, 0.15) is 13.8 Å². The number of hydrogen-bond acceptors (Lipinski definition) is 3. The number of rotatable bonds is 3. The van der Waals surface area contributed by atoms with Crippen molar-refractivity contribution in [3.05, 3.63) is 4.91 Å². The van der Waals surface area contributed by atoms with Gasteiger partial charge in [0.1, 0.15) is 11.0 Å². The molecule has 70 valence electrons. The van der Waals surface area contributed by atoms with E-state index >= 15 is 0 Å². The summed E-state index contributed by atoms with van der Waals surface area (Å²) in [7, 11) is 0. The molecule has 0 aliphatic rings. The Kier molecular flexibility index (Phi) is 4.92.